The summed E-state index contributed by atoms with van der Waals surface area (Å²) in [4.78, 5) is 50.8. The van der Waals surface area contributed by atoms with Gasteiger partial charge in [0.05, 0.1) is 49.9 Å². The minimum atomic E-state index is -4.06. The first-order chi connectivity index (χ1) is 26.5. The van der Waals surface area contributed by atoms with Crippen LogP contribution in [0.4, 0.5) is 0 Å². The predicted octanol–water partition coefficient (Wildman–Crippen LogP) is 4.13. The largest absolute Gasteiger partial charge is 0.355 e. The van der Waals surface area contributed by atoms with Crippen LogP contribution in [0, 0.1) is 22.7 Å². The Morgan fingerprint density at radius 1 is 0.579 bits per heavy atom. The summed E-state index contributed by atoms with van der Waals surface area (Å²) in [5.41, 5.74) is -0.177. The third kappa shape index (κ3) is 19.6. The van der Waals surface area contributed by atoms with Gasteiger partial charge in [0, 0.05) is 24.2 Å². The molecular formula is C41H64N4O10S2. The first kappa shape index (κ1) is 49.6. The van der Waals surface area contributed by atoms with Crippen molar-refractivity contribution in [1.29, 1.82) is 0 Å². The first-order valence-electron chi connectivity index (χ1n) is 19.5. The van der Waals surface area contributed by atoms with Crippen LogP contribution in [-0.4, -0.2) is 103 Å². The molecule has 0 radical (unpaired) electrons. The van der Waals surface area contributed by atoms with Gasteiger partial charge in [-0.15, -0.1) is 0 Å². The molecule has 16 heteroatoms. The first-order valence-corrected chi connectivity index (χ1v) is 22.6. The Morgan fingerprint density at radius 2 is 0.912 bits per heavy atom. The molecule has 0 aromatic heterocycles. The quantitative estimate of drug-likeness (QED) is 0.0707. The molecule has 0 saturated carbocycles. The number of rotatable bonds is 28. The van der Waals surface area contributed by atoms with E-state index in [0.29, 0.717) is 24.0 Å². The predicted molar refractivity (Wildman–Crippen MR) is 222 cm³/mol. The molecule has 0 saturated heterocycles. The van der Waals surface area contributed by atoms with Gasteiger partial charge in [-0.05, 0) is 41.9 Å². The van der Waals surface area contributed by atoms with E-state index in [1.807, 2.05) is 39.8 Å². The summed E-state index contributed by atoms with van der Waals surface area (Å²) in [5.74, 6) is -2.03. The summed E-state index contributed by atoms with van der Waals surface area (Å²) >= 11 is 0. The van der Waals surface area contributed by atoms with Crippen molar-refractivity contribution in [2.75, 3.05) is 50.9 Å². The fraction of sp³-hybridized carbons (Fsp3) is 0.610. The average Bonchev–Trinajstić information content (AvgIpc) is 3.13. The average molecular weight is 837 g/mol. The maximum atomic E-state index is 12.9. The molecule has 2 rings (SSSR count). The highest BCUT2D eigenvalue weighted by atomic mass is 32.2. The van der Waals surface area contributed by atoms with Gasteiger partial charge < -0.3 is 10.6 Å². The molecule has 4 N–H and O–H groups in total. The zero-order chi connectivity index (χ0) is 42.9. The number of hydrogen-bond acceptors (Lipinski definition) is 12. The van der Waals surface area contributed by atoms with Crippen LogP contribution in [0.1, 0.15) is 95.4 Å². The van der Waals surface area contributed by atoms with E-state index in [4.69, 9.17) is 8.37 Å². The Morgan fingerprint density at radius 3 is 1.23 bits per heavy atom. The van der Waals surface area contributed by atoms with Gasteiger partial charge in [-0.2, -0.15) is 16.8 Å². The second-order valence-corrected chi connectivity index (χ2v) is 20.1. The molecule has 2 amide bonds. The second-order valence-electron chi connectivity index (χ2n) is 16.6. The number of carbonyl (C=O) groups excluding carboxylic acids is 4. The van der Waals surface area contributed by atoms with Gasteiger partial charge in [-0.3, -0.25) is 38.2 Å². The van der Waals surface area contributed by atoms with E-state index in [1.54, 1.807) is 76.2 Å². The van der Waals surface area contributed by atoms with Crippen LogP contribution in [0.25, 0.3) is 0 Å². The molecule has 0 aliphatic carbocycles. The van der Waals surface area contributed by atoms with Gasteiger partial charge in [-0.25, -0.2) is 0 Å². The maximum Gasteiger partial charge on any atom is 0.267 e. The molecule has 2 aromatic carbocycles. The van der Waals surface area contributed by atoms with Crippen LogP contribution < -0.4 is 21.3 Å². The summed E-state index contributed by atoms with van der Waals surface area (Å²) < 4.78 is 61.0. The Kier molecular flexibility index (Phi) is 20.1. The Labute approximate surface area is 340 Å². The van der Waals surface area contributed by atoms with Crippen molar-refractivity contribution in [2.24, 2.45) is 22.7 Å². The van der Waals surface area contributed by atoms with E-state index >= 15 is 0 Å². The number of carbonyl (C=O) groups is 4. The van der Waals surface area contributed by atoms with Gasteiger partial charge in [0.15, 0.2) is 11.6 Å². The van der Waals surface area contributed by atoms with Crippen molar-refractivity contribution in [3.8, 4) is 0 Å². The summed E-state index contributed by atoms with van der Waals surface area (Å²) in [5, 5.41) is 11.8. The highest BCUT2D eigenvalue weighted by Crippen LogP contribution is 2.23. The number of amides is 2. The lowest BCUT2D eigenvalue weighted by Gasteiger charge is -2.26. The van der Waals surface area contributed by atoms with E-state index in [0.717, 1.165) is 0 Å². The zero-order valence-corrected chi connectivity index (χ0v) is 36.4. The van der Waals surface area contributed by atoms with Gasteiger partial charge >= 0.3 is 0 Å². The summed E-state index contributed by atoms with van der Waals surface area (Å²) in [6, 6.07) is 16.4. The highest BCUT2D eigenvalue weighted by Gasteiger charge is 2.28. The van der Waals surface area contributed by atoms with Crippen molar-refractivity contribution in [3.63, 3.8) is 0 Å². The maximum absolute atomic E-state index is 12.9. The van der Waals surface area contributed by atoms with E-state index in [2.05, 4.69) is 21.3 Å². The molecule has 2 atom stereocenters. The van der Waals surface area contributed by atoms with Crippen LogP contribution >= 0.6 is 0 Å². The van der Waals surface area contributed by atoms with E-state index in [-0.39, 0.29) is 81.0 Å². The van der Waals surface area contributed by atoms with E-state index in [9.17, 15) is 36.0 Å². The minimum Gasteiger partial charge on any atom is -0.355 e. The summed E-state index contributed by atoms with van der Waals surface area (Å²) in [6.07, 6.45) is 0.563. The third-order valence-corrected chi connectivity index (χ3v) is 11.8. The molecule has 2 aromatic rings. The van der Waals surface area contributed by atoms with Gasteiger partial charge in [-0.1, -0.05) is 116 Å². The van der Waals surface area contributed by atoms with Crippen LogP contribution in [-0.2, 0) is 38.2 Å². The Balaban J connectivity index is 1.71. The Hall–Kier alpha value is -3.54. The van der Waals surface area contributed by atoms with Crippen LogP contribution in [0.5, 0.6) is 0 Å². The molecule has 0 fully saturated rings. The molecular weight excluding hydrogens is 773 g/mol. The van der Waals surface area contributed by atoms with Gasteiger partial charge in [0.2, 0.25) is 11.8 Å². The minimum absolute atomic E-state index is 0.00386. The number of nitrogens with one attached hydrogen (secondary N) is 4. The van der Waals surface area contributed by atoms with Crippen molar-refractivity contribution >= 4 is 43.6 Å². The fourth-order valence-corrected chi connectivity index (χ4v) is 7.97. The van der Waals surface area contributed by atoms with Crippen LogP contribution in [0.15, 0.2) is 60.7 Å². The SMILES string of the molecule is CC(C)[C@H](NCC(=O)c1ccccc1)C(=O)NCCC(C)(C)COS(=O)(=O)CCCS(=O)(=O)OCC(C)(C)CCNC(=O)[C@@H](NCC(=O)c1ccccc1)C(C)C. The second kappa shape index (κ2) is 23.2. The molecule has 0 bridgehead atoms. The molecule has 14 nitrogen and oxygen atoms in total. The lowest BCUT2D eigenvalue weighted by Crippen LogP contribution is -2.49. The molecule has 0 spiro atoms. The van der Waals surface area contributed by atoms with E-state index in [1.165, 1.54) is 0 Å². The molecule has 0 heterocycles. The van der Waals surface area contributed by atoms with Crippen LogP contribution in [0.3, 0.4) is 0 Å². The monoisotopic (exact) mass is 836 g/mol. The number of benzene rings is 2. The smallest absolute Gasteiger partial charge is 0.267 e. The van der Waals surface area contributed by atoms with Crippen molar-refractivity contribution in [2.45, 2.75) is 86.7 Å². The highest BCUT2D eigenvalue weighted by molar-refractivity contribution is 7.87. The molecule has 0 aliphatic rings. The summed E-state index contributed by atoms with van der Waals surface area (Å²) in [6.45, 7) is 14.8. The number of hydrogen-bond donors (Lipinski definition) is 4. The molecule has 57 heavy (non-hydrogen) atoms. The normalized spacial score (nSPS) is 13.6. The van der Waals surface area contributed by atoms with Crippen LogP contribution in [0.2, 0.25) is 0 Å². The number of ketones is 2. The lowest BCUT2D eigenvalue weighted by atomic mass is 9.90. The van der Waals surface area contributed by atoms with Gasteiger partial charge in [0.25, 0.3) is 20.2 Å². The molecule has 320 valence electrons. The Bertz CT molecular complexity index is 1670. The van der Waals surface area contributed by atoms with Crippen molar-refractivity contribution < 1.29 is 44.4 Å². The number of Topliss-reactive ketones (excluding diaryl/α,β-unsaturated/α-hetero) is 2. The van der Waals surface area contributed by atoms with E-state index < -0.39 is 54.7 Å². The zero-order valence-electron chi connectivity index (χ0n) is 34.8. The lowest BCUT2D eigenvalue weighted by molar-refractivity contribution is -0.125. The van der Waals surface area contributed by atoms with Crippen molar-refractivity contribution in [3.05, 3.63) is 71.8 Å². The third-order valence-electron chi connectivity index (χ3n) is 9.30. The fourth-order valence-electron chi connectivity index (χ4n) is 5.56. The summed E-state index contributed by atoms with van der Waals surface area (Å²) in [7, 11) is -8.11. The topological polar surface area (TPSA) is 203 Å². The molecule has 0 aliphatic heterocycles. The van der Waals surface area contributed by atoms with Crippen molar-refractivity contribution in [1.82, 2.24) is 21.3 Å². The molecule has 0 unspecified atom stereocenters. The standard InChI is InChI=1S/C41H64N4O10S2/c1-30(2)36(44-26-34(46)32-16-11-9-12-17-32)38(48)42-22-20-40(5,6)28-54-56(50,51)24-15-25-57(52,53)55-29-41(7,8)21-23-43-39(49)37(31(3)4)45-27-35(47)33-18-13-10-14-19-33/h9-14,16-19,30-31,36-37,44-45H,15,20-29H2,1-8H3,(H,42,48)(H,43,49)/t36-,37-/m0/s1. The van der Waals surface area contributed by atoms with Gasteiger partial charge in [0.1, 0.15) is 0 Å².